The third-order valence-corrected chi connectivity index (χ3v) is 5.08. The molecule has 3 heteroatoms. The van der Waals surface area contributed by atoms with Crippen molar-refractivity contribution in [2.75, 3.05) is 0 Å². The molecule has 2 rings (SSSR count). The lowest BCUT2D eigenvalue weighted by molar-refractivity contribution is -0.145. The summed E-state index contributed by atoms with van der Waals surface area (Å²) in [5.41, 5.74) is 2.00. The van der Waals surface area contributed by atoms with E-state index in [4.69, 9.17) is 0 Å². The zero-order chi connectivity index (χ0) is 15.6. The highest BCUT2D eigenvalue weighted by molar-refractivity contribution is 5.70. The topological polar surface area (TPSA) is 37.3 Å². The molecule has 1 aromatic rings. The third-order valence-electron chi connectivity index (χ3n) is 5.08. The lowest BCUT2D eigenvalue weighted by Crippen LogP contribution is -2.33. The second-order valence-corrected chi connectivity index (χ2v) is 6.80. The van der Waals surface area contributed by atoms with Gasteiger partial charge in [-0.2, -0.15) is 0 Å². The van der Waals surface area contributed by atoms with E-state index in [1.807, 2.05) is 6.92 Å². The number of aliphatic carboxylic acids is 1. The van der Waals surface area contributed by atoms with Crippen LogP contribution in [0.15, 0.2) is 18.2 Å². The van der Waals surface area contributed by atoms with Gasteiger partial charge in [-0.05, 0) is 73.6 Å². The normalized spacial score (nSPS) is 26.0. The Balaban J connectivity index is 2.19. The van der Waals surface area contributed by atoms with Crippen molar-refractivity contribution in [3.05, 3.63) is 35.1 Å². The number of aryl methyl sites for hydroxylation is 1. The minimum atomic E-state index is -0.698. The maximum absolute atomic E-state index is 13.4. The van der Waals surface area contributed by atoms with E-state index in [0.717, 1.165) is 30.4 Å². The van der Waals surface area contributed by atoms with E-state index in [1.165, 1.54) is 6.07 Å². The molecule has 3 unspecified atom stereocenters. The van der Waals surface area contributed by atoms with E-state index in [0.29, 0.717) is 18.3 Å². The van der Waals surface area contributed by atoms with Crippen molar-refractivity contribution in [3.8, 4) is 0 Å². The molecule has 116 valence electrons. The molecule has 2 nitrogen and oxygen atoms in total. The number of hydrogen-bond donors (Lipinski definition) is 1. The first-order valence-electron chi connectivity index (χ1n) is 7.86. The second kappa shape index (κ2) is 6.59. The third kappa shape index (κ3) is 3.84. The van der Waals surface area contributed by atoms with Gasteiger partial charge >= 0.3 is 5.97 Å². The summed E-state index contributed by atoms with van der Waals surface area (Å²) < 4.78 is 13.4. The molecule has 0 aliphatic heterocycles. The van der Waals surface area contributed by atoms with E-state index in [9.17, 15) is 14.3 Å². The molecule has 1 aliphatic rings. The summed E-state index contributed by atoms with van der Waals surface area (Å²) >= 11 is 0. The van der Waals surface area contributed by atoms with Gasteiger partial charge in [0.15, 0.2) is 0 Å². The Hall–Kier alpha value is -1.38. The zero-order valence-electron chi connectivity index (χ0n) is 13.1. The average Bonchev–Trinajstić information content (AvgIpc) is 2.42. The van der Waals surface area contributed by atoms with Crippen LogP contribution in [0.1, 0.15) is 44.2 Å². The van der Waals surface area contributed by atoms with Crippen molar-refractivity contribution < 1.29 is 14.3 Å². The lowest BCUT2D eigenvalue weighted by atomic mass is 9.68. The molecule has 0 heterocycles. The van der Waals surface area contributed by atoms with Crippen LogP contribution in [0, 0.1) is 36.4 Å². The number of rotatable bonds is 4. The molecule has 1 N–H and O–H groups in total. The lowest BCUT2D eigenvalue weighted by Gasteiger charge is -2.36. The molecule has 3 atom stereocenters. The van der Waals surface area contributed by atoms with Crippen LogP contribution in [0.4, 0.5) is 4.39 Å². The molecule has 0 aromatic heterocycles. The molecule has 0 bridgehead atoms. The Morgan fingerprint density at radius 3 is 2.71 bits per heavy atom. The molecule has 1 saturated carbocycles. The predicted octanol–water partition coefficient (Wildman–Crippen LogP) is 4.45. The van der Waals surface area contributed by atoms with Crippen LogP contribution in [0.5, 0.6) is 0 Å². The average molecular weight is 292 g/mol. The van der Waals surface area contributed by atoms with Crippen molar-refractivity contribution in [2.24, 2.45) is 23.7 Å². The Bertz CT molecular complexity index is 510. The summed E-state index contributed by atoms with van der Waals surface area (Å²) in [5.74, 6) is 0.0529. The minimum absolute atomic E-state index is 0.115. The van der Waals surface area contributed by atoms with Gasteiger partial charge in [0.05, 0.1) is 5.92 Å². The van der Waals surface area contributed by atoms with Gasteiger partial charge in [0.2, 0.25) is 0 Å². The molecule has 0 spiro atoms. The van der Waals surface area contributed by atoms with Crippen molar-refractivity contribution in [1.82, 2.24) is 0 Å². The zero-order valence-corrected chi connectivity index (χ0v) is 13.1. The molecule has 1 aliphatic carbocycles. The Morgan fingerprint density at radius 1 is 1.38 bits per heavy atom. The fourth-order valence-electron chi connectivity index (χ4n) is 3.60. The summed E-state index contributed by atoms with van der Waals surface area (Å²) in [6, 6.07) is 4.81. The molecule has 0 saturated heterocycles. The minimum Gasteiger partial charge on any atom is -0.481 e. The monoisotopic (exact) mass is 292 g/mol. The van der Waals surface area contributed by atoms with E-state index in [1.54, 1.807) is 12.1 Å². The summed E-state index contributed by atoms with van der Waals surface area (Å²) in [6.45, 7) is 6.37. The number of carboxylic acids is 1. The van der Waals surface area contributed by atoms with Crippen molar-refractivity contribution in [1.29, 1.82) is 0 Å². The van der Waals surface area contributed by atoms with E-state index in [-0.39, 0.29) is 17.7 Å². The molecule has 1 fully saturated rings. The molecule has 0 amide bonds. The van der Waals surface area contributed by atoms with Gasteiger partial charge in [0.25, 0.3) is 0 Å². The molecular weight excluding hydrogens is 267 g/mol. The summed E-state index contributed by atoms with van der Waals surface area (Å²) in [5, 5.41) is 9.46. The number of halogens is 1. The van der Waals surface area contributed by atoms with Gasteiger partial charge in [-0.15, -0.1) is 0 Å². The Morgan fingerprint density at radius 2 is 2.10 bits per heavy atom. The number of carbonyl (C=O) groups is 1. The highest BCUT2D eigenvalue weighted by atomic mass is 19.1. The molecule has 21 heavy (non-hydrogen) atoms. The molecule has 1 aromatic carbocycles. The first-order chi connectivity index (χ1) is 9.88. The predicted molar refractivity (Wildman–Crippen MR) is 81.6 cm³/mol. The maximum Gasteiger partial charge on any atom is 0.306 e. The first-order valence-corrected chi connectivity index (χ1v) is 7.86. The van der Waals surface area contributed by atoms with E-state index < -0.39 is 5.97 Å². The fraction of sp³-hybridized carbons (Fsp3) is 0.611. The molecule has 0 radical (unpaired) electrons. The Kier molecular flexibility index (Phi) is 5.02. The van der Waals surface area contributed by atoms with Crippen LogP contribution in [-0.4, -0.2) is 11.1 Å². The van der Waals surface area contributed by atoms with Crippen molar-refractivity contribution in [3.63, 3.8) is 0 Å². The van der Waals surface area contributed by atoms with Gasteiger partial charge < -0.3 is 5.11 Å². The summed E-state index contributed by atoms with van der Waals surface area (Å²) in [7, 11) is 0. The summed E-state index contributed by atoms with van der Waals surface area (Å²) in [4.78, 5) is 11.5. The first kappa shape index (κ1) is 16.0. The smallest absolute Gasteiger partial charge is 0.306 e. The van der Waals surface area contributed by atoms with Gasteiger partial charge in [0, 0.05) is 0 Å². The maximum atomic E-state index is 13.4. The van der Waals surface area contributed by atoms with Crippen LogP contribution in [0.2, 0.25) is 0 Å². The molecular formula is C18H25FO2. The number of carboxylic acid groups (broad SMARTS) is 1. The van der Waals surface area contributed by atoms with Gasteiger partial charge in [0.1, 0.15) is 5.82 Å². The largest absolute Gasteiger partial charge is 0.481 e. The quantitative estimate of drug-likeness (QED) is 0.890. The van der Waals surface area contributed by atoms with Crippen LogP contribution >= 0.6 is 0 Å². The SMILES string of the molecule is Cc1ccc(F)cc1CC1CC(C(C)C)CCC1C(=O)O. The Labute approximate surface area is 126 Å². The highest BCUT2D eigenvalue weighted by Gasteiger charge is 2.36. The van der Waals surface area contributed by atoms with E-state index >= 15 is 0 Å². The number of benzene rings is 1. The van der Waals surface area contributed by atoms with Crippen molar-refractivity contribution >= 4 is 5.97 Å². The standard InChI is InChI=1S/C18H25FO2/c1-11(2)13-5-7-17(18(20)21)15(8-13)9-14-10-16(19)6-4-12(14)3/h4,6,10-11,13,15,17H,5,7-9H2,1-3H3,(H,20,21). The van der Waals surface area contributed by atoms with Gasteiger partial charge in [-0.3, -0.25) is 4.79 Å². The van der Waals surface area contributed by atoms with Gasteiger partial charge in [-0.25, -0.2) is 4.39 Å². The van der Waals surface area contributed by atoms with Gasteiger partial charge in [-0.1, -0.05) is 19.9 Å². The van der Waals surface area contributed by atoms with Crippen LogP contribution in [0.25, 0.3) is 0 Å². The highest BCUT2D eigenvalue weighted by Crippen LogP contribution is 2.39. The van der Waals surface area contributed by atoms with Crippen LogP contribution < -0.4 is 0 Å². The van der Waals surface area contributed by atoms with E-state index in [2.05, 4.69) is 13.8 Å². The fourth-order valence-corrected chi connectivity index (χ4v) is 3.60. The summed E-state index contributed by atoms with van der Waals surface area (Å²) in [6.07, 6.45) is 3.35. The van der Waals surface area contributed by atoms with Crippen molar-refractivity contribution in [2.45, 2.75) is 46.5 Å². The number of hydrogen-bond acceptors (Lipinski definition) is 1. The van der Waals surface area contributed by atoms with Crippen LogP contribution in [0.3, 0.4) is 0 Å². The second-order valence-electron chi connectivity index (χ2n) is 6.80. The van der Waals surface area contributed by atoms with Crippen LogP contribution in [-0.2, 0) is 11.2 Å².